The minimum Gasteiger partial charge on any atom is -0.275 e. The van der Waals surface area contributed by atoms with E-state index < -0.39 is 0 Å². The molecule has 0 atom stereocenters. The fraction of sp³-hybridized carbons (Fsp3) is 0. The van der Waals surface area contributed by atoms with Gasteiger partial charge in [-0.2, -0.15) is 0 Å². The zero-order valence-electron chi connectivity index (χ0n) is 23.3. The van der Waals surface area contributed by atoms with Crippen molar-refractivity contribution in [2.75, 3.05) is 0 Å². The third-order valence-electron chi connectivity index (χ3n) is 8.90. The van der Waals surface area contributed by atoms with Gasteiger partial charge >= 0.3 is 0 Å². The summed E-state index contributed by atoms with van der Waals surface area (Å²) < 4.78 is 1.93. The van der Waals surface area contributed by atoms with E-state index in [-0.39, 0.29) is 5.56 Å². The van der Waals surface area contributed by atoms with Gasteiger partial charge in [-0.25, -0.2) is 0 Å². The summed E-state index contributed by atoms with van der Waals surface area (Å²) in [6, 6.07) is 53.3. The van der Waals surface area contributed by atoms with Gasteiger partial charge in [0.25, 0.3) is 5.56 Å². The molecular weight excluding hydrogens is 522 g/mol. The second kappa shape index (κ2) is 9.14. The molecule has 0 unspecified atom stereocenters. The van der Waals surface area contributed by atoms with Gasteiger partial charge in [-0.15, -0.1) is 0 Å². The molecule has 2 heterocycles. The minimum absolute atomic E-state index is 0.0208. The van der Waals surface area contributed by atoms with Gasteiger partial charge < -0.3 is 0 Å². The van der Waals surface area contributed by atoms with E-state index in [4.69, 9.17) is 0 Å². The number of hydrogen-bond donors (Lipinski definition) is 0. The van der Waals surface area contributed by atoms with E-state index in [2.05, 4.69) is 133 Å². The van der Waals surface area contributed by atoms with Gasteiger partial charge in [0.05, 0.1) is 11.0 Å². The summed E-state index contributed by atoms with van der Waals surface area (Å²) in [4.78, 5) is 14.3. The molecule has 200 valence electrons. The molecule has 7 aromatic carbocycles. The highest BCUT2D eigenvalue weighted by Gasteiger charge is 2.20. The van der Waals surface area contributed by atoms with Crippen LogP contribution in [0.2, 0.25) is 0 Å². The quantitative estimate of drug-likeness (QED) is 0.202. The maximum atomic E-state index is 14.3. The van der Waals surface area contributed by atoms with Crippen LogP contribution in [-0.4, -0.2) is 4.40 Å². The average molecular weight is 548 g/mol. The molecule has 0 amide bonds. The van der Waals surface area contributed by atoms with Crippen molar-refractivity contribution in [3.05, 3.63) is 162 Å². The first-order valence-electron chi connectivity index (χ1n) is 14.6. The Morgan fingerprint density at radius 1 is 0.349 bits per heavy atom. The van der Waals surface area contributed by atoms with E-state index in [1.807, 2.05) is 22.6 Å². The number of fused-ring (bicyclic) bond motifs is 6. The zero-order valence-corrected chi connectivity index (χ0v) is 23.3. The van der Waals surface area contributed by atoms with E-state index >= 15 is 0 Å². The van der Waals surface area contributed by atoms with Gasteiger partial charge in [-0.1, -0.05) is 109 Å². The molecule has 43 heavy (non-hydrogen) atoms. The van der Waals surface area contributed by atoms with Crippen LogP contribution in [0, 0.1) is 0 Å². The van der Waals surface area contributed by atoms with Gasteiger partial charge in [0.2, 0.25) is 0 Å². The van der Waals surface area contributed by atoms with Gasteiger partial charge in [-0.3, -0.25) is 9.20 Å². The molecule has 0 bridgehead atoms. The van der Waals surface area contributed by atoms with Crippen LogP contribution >= 0.6 is 0 Å². The lowest BCUT2D eigenvalue weighted by atomic mass is 9.94. The summed E-state index contributed by atoms with van der Waals surface area (Å²) in [5, 5.41) is 7.41. The Labute approximate surface area is 248 Å². The van der Waals surface area contributed by atoms with Crippen molar-refractivity contribution in [1.29, 1.82) is 0 Å². The Morgan fingerprint density at radius 2 is 0.884 bits per heavy atom. The molecule has 0 aliphatic carbocycles. The van der Waals surface area contributed by atoms with E-state index in [1.54, 1.807) is 0 Å². The molecule has 9 rings (SSSR count). The molecule has 0 saturated heterocycles. The van der Waals surface area contributed by atoms with Gasteiger partial charge in [0.1, 0.15) is 0 Å². The van der Waals surface area contributed by atoms with Gasteiger partial charge in [-0.05, 0) is 92.0 Å². The highest BCUT2D eigenvalue weighted by molar-refractivity contribution is 6.22. The van der Waals surface area contributed by atoms with Crippen molar-refractivity contribution in [2.45, 2.75) is 0 Å². The van der Waals surface area contributed by atoms with Crippen LogP contribution in [0.3, 0.4) is 0 Å². The monoisotopic (exact) mass is 547 g/mol. The number of hydrogen-bond acceptors (Lipinski definition) is 1. The van der Waals surface area contributed by atoms with Crippen molar-refractivity contribution in [1.82, 2.24) is 4.40 Å². The van der Waals surface area contributed by atoms with Crippen molar-refractivity contribution in [3.8, 4) is 33.4 Å². The SMILES string of the molecule is O=c1c2ccc(-c3ccc4ccccc4c3)cc2c2cc(-c3ccccc3)cc3c4cc(-c5ccccc5)ccc4n1c23. The standard InChI is InChI=1S/C41H25NO/c43-41-34-19-17-32(30-16-15-28-13-7-8-14-29(28)21-30)22-35(34)37-24-33(27-11-5-2-6-12-27)25-38-36-23-31(26-9-3-1-4-10-26)18-20-39(36)42(41)40(37)38/h1-25H. The van der Waals surface area contributed by atoms with Gasteiger partial charge in [0, 0.05) is 21.5 Å². The molecule has 0 aliphatic heterocycles. The van der Waals surface area contributed by atoms with Crippen molar-refractivity contribution < 1.29 is 0 Å². The summed E-state index contributed by atoms with van der Waals surface area (Å²) in [5.74, 6) is 0. The molecule has 2 nitrogen and oxygen atoms in total. The Bertz CT molecular complexity index is 2560. The van der Waals surface area contributed by atoms with E-state index in [0.29, 0.717) is 0 Å². The van der Waals surface area contributed by atoms with E-state index in [0.717, 1.165) is 71.3 Å². The zero-order chi connectivity index (χ0) is 28.5. The third kappa shape index (κ3) is 3.63. The first-order valence-corrected chi connectivity index (χ1v) is 14.6. The van der Waals surface area contributed by atoms with Crippen molar-refractivity contribution in [2.24, 2.45) is 0 Å². The maximum absolute atomic E-state index is 14.3. The van der Waals surface area contributed by atoms with Crippen LogP contribution in [0.25, 0.3) is 82.1 Å². The highest BCUT2D eigenvalue weighted by atomic mass is 16.1. The number of rotatable bonds is 3. The van der Waals surface area contributed by atoms with Crippen molar-refractivity contribution in [3.63, 3.8) is 0 Å². The summed E-state index contributed by atoms with van der Waals surface area (Å²) in [6.07, 6.45) is 0. The smallest absolute Gasteiger partial charge is 0.263 e. The van der Waals surface area contributed by atoms with Crippen LogP contribution < -0.4 is 5.56 Å². The Hall–Kier alpha value is -5.73. The largest absolute Gasteiger partial charge is 0.275 e. The Morgan fingerprint density at radius 3 is 1.65 bits per heavy atom. The second-order valence-corrected chi connectivity index (χ2v) is 11.3. The lowest BCUT2D eigenvalue weighted by Gasteiger charge is -2.11. The molecule has 0 fully saturated rings. The van der Waals surface area contributed by atoms with E-state index in [9.17, 15) is 4.79 Å². The van der Waals surface area contributed by atoms with Crippen LogP contribution in [0.1, 0.15) is 0 Å². The molecule has 0 aliphatic rings. The van der Waals surface area contributed by atoms with E-state index in [1.165, 1.54) is 10.8 Å². The lowest BCUT2D eigenvalue weighted by Crippen LogP contribution is -2.13. The molecule has 9 aromatic rings. The van der Waals surface area contributed by atoms with Crippen LogP contribution in [0.15, 0.2) is 156 Å². The van der Waals surface area contributed by atoms with Gasteiger partial charge in [0.15, 0.2) is 0 Å². The third-order valence-corrected chi connectivity index (χ3v) is 8.90. The molecule has 0 N–H and O–H groups in total. The summed E-state index contributed by atoms with van der Waals surface area (Å²) in [5.41, 5.74) is 8.79. The first kappa shape index (κ1) is 23.9. The lowest BCUT2D eigenvalue weighted by molar-refractivity contribution is 1.21. The predicted molar refractivity (Wildman–Crippen MR) is 181 cm³/mol. The highest BCUT2D eigenvalue weighted by Crippen LogP contribution is 2.40. The predicted octanol–water partition coefficient (Wildman–Crippen LogP) is 10.4. The number of benzene rings is 7. The van der Waals surface area contributed by atoms with Crippen LogP contribution in [-0.2, 0) is 0 Å². The number of aromatic nitrogens is 1. The first-order chi connectivity index (χ1) is 21.2. The van der Waals surface area contributed by atoms with Crippen molar-refractivity contribution >= 4 is 48.7 Å². The second-order valence-electron chi connectivity index (χ2n) is 11.3. The summed E-state index contributed by atoms with van der Waals surface area (Å²) in [7, 11) is 0. The molecule has 0 spiro atoms. The number of nitrogens with zero attached hydrogens (tertiary/aromatic N) is 1. The topological polar surface area (TPSA) is 21.5 Å². The fourth-order valence-corrected chi connectivity index (χ4v) is 6.79. The Kier molecular flexibility index (Phi) is 5.08. The number of pyridine rings is 1. The average Bonchev–Trinajstić information content (AvgIpc) is 3.41. The minimum atomic E-state index is 0.0208. The van der Waals surface area contributed by atoms with Crippen LogP contribution in [0.4, 0.5) is 0 Å². The molecule has 2 heteroatoms. The Balaban J connectivity index is 1.40. The molecule has 2 aromatic heterocycles. The fourth-order valence-electron chi connectivity index (χ4n) is 6.79. The molecule has 0 saturated carbocycles. The van der Waals surface area contributed by atoms with Crippen LogP contribution in [0.5, 0.6) is 0 Å². The summed E-state index contributed by atoms with van der Waals surface area (Å²) in [6.45, 7) is 0. The maximum Gasteiger partial charge on any atom is 0.263 e. The molecular formula is C41H25NO. The normalized spacial score (nSPS) is 11.8. The summed E-state index contributed by atoms with van der Waals surface area (Å²) >= 11 is 0. The molecule has 0 radical (unpaired) electrons.